The van der Waals surface area contributed by atoms with Crippen LogP contribution in [0.15, 0.2) is 53.9 Å². The summed E-state index contributed by atoms with van der Waals surface area (Å²) < 4.78 is 0. The van der Waals surface area contributed by atoms with Crippen molar-refractivity contribution in [2.45, 2.75) is 26.8 Å². The zero-order valence-electron chi connectivity index (χ0n) is 13.3. The summed E-state index contributed by atoms with van der Waals surface area (Å²) >= 11 is 0. The van der Waals surface area contributed by atoms with Crippen LogP contribution in [0.4, 0.5) is 5.69 Å². The third-order valence-electron chi connectivity index (χ3n) is 3.47. The zero-order chi connectivity index (χ0) is 17.0. The maximum absolute atomic E-state index is 12.1. The highest BCUT2D eigenvalue weighted by molar-refractivity contribution is 5.95. The van der Waals surface area contributed by atoms with E-state index < -0.39 is 6.04 Å². The number of aromatic nitrogens is 1. The van der Waals surface area contributed by atoms with Gasteiger partial charge in [0, 0.05) is 17.5 Å². The van der Waals surface area contributed by atoms with Gasteiger partial charge in [-0.15, -0.1) is 5.76 Å². The van der Waals surface area contributed by atoms with E-state index in [-0.39, 0.29) is 22.9 Å². The fourth-order valence-corrected chi connectivity index (χ4v) is 2.40. The second-order valence-corrected chi connectivity index (χ2v) is 5.36. The summed E-state index contributed by atoms with van der Waals surface area (Å²) in [5.41, 5.74) is 1.75. The molecule has 0 saturated heterocycles. The molecule has 2 aromatic rings. The number of hydrogen-bond donors (Lipinski definition) is 1. The van der Waals surface area contributed by atoms with Crippen molar-refractivity contribution in [1.29, 1.82) is 0 Å². The van der Waals surface area contributed by atoms with Crippen molar-refractivity contribution in [3.8, 4) is 5.75 Å². The van der Waals surface area contributed by atoms with E-state index in [1.54, 1.807) is 36.5 Å². The minimum absolute atomic E-state index is 0.0728. The van der Waals surface area contributed by atoms with Crippen molar-refractivity contribution in [1.82, 2.24) is 4.98 Å². The van der Waals surface area contributed by atoms with Gasteiger partial charge in [-0.05, 0) is 32.0 Å². The average Bonchev–Trinajstić information content (AvgIpc) is 2.49. The number of anilines is 1. The Labute approximate surface area is 135 Å². The highest BCUT2D eigenvalue weighted by atomic mass is 16.3. The van der Waals surface area contributed by atoms with Crippen LogP contribution in [-0.4, -0.2) is 10.8 Å². The van der Waals surface area contributed by atoms with Crippen LogP contribution in [0.5, 0.6) is 5.75 Å². The molecule has 1 atom stereocenters. The lowest BCUT2D eigenvalue weighted by Crippen LogP contribution is -2.23. The van der Waals surface area contributed by atoms with Gasteiger partial charge in [0.05, 0.1) is 11.7 Å². The highest BCUT2D eigenvalue weighted by Gasteiger charge is 2.21. The van der Waals surface area contributed by atoms with Gasteiger partial charge in [0.1, 0.15) is 0 Å². The molecular formula is C18H18N2O3-2. The third kappa shape index (κ3) is 3.88. The Morgan fingerprint density at radius 2 is 1.96 bits per heavy atom. The molecule has 1 aromatic heterocycles. The number of rotatable bonds is 5. The molecule has 23 heavy (non-hydrogen) atoms. The van der Waals surface area contributed by atoms with Crippen molar-refractivity contribution in [2.24, 2.45) is 0 Å². The molecule has 0 saturated carbocycles. The minimum atomic E-state index is -0.762. The number of aryl methyl sites for hydroxylation is 1. The van der Waals surface area contributed by atoms with E-state index in [1.807, 2.05) is 6.92 Å². The number of carbonyl (C=O) groups excluding carboxylic acids is 1. The molecule has 2 rings (SSSR count). The molecule has 0 aliphatic carbocycles. The molecule has 0 aliphatic rings. The van der Waals surface area contributed by atoms with Crippen LogP contribution in [0.1, 0.15) is 31.1 Å². The van der Waals surface area contributed by atoms with Gasteiger partial charge in [-0.3, -0.25) is 9.78 Å². The molecule has 0 aliphatic heterocycles. The van der Waals surface area contributed by atoms with Crippen molar-refractivity contribution in [3.63, 3.8) is 0 Å². The number of ketones is 1. The van der Waals surface area contributed by atoms with E-state index >= 15 is 0 Å². The first-order chi connectivity index (χ1) is 10.9. The fourth-order valence-electron chi connectivity index (χ4n) is 2.40. The number of nitrogens with one attached hydrogen (secondary N) is 1. The molecule has 0 fully saturated rings. The topological polar surface area (TPSA) is 88.1 Å². The predicted octanol–water partition coefficient (Wildman–Crippen LogP) is 1.84. The van der Waals surface area contributed by atoms with E-state index in [9.17, 15) is 15.0 Å². The van der Waals surface area contributed by atoms with Crippen LogP contribution in [0.25, 0.3) is 0 Å². The summed E-state index contributed by atoms with van der Waals surface area (Å²) in [7, 11) is 0. The van der Waals surface area contributed by atoms with E-state index in [4.69, 9.17) is 0 Å². The van der Waals surface area contributed by atoms with Crippen LogP contribution in [0, 0.1) is 6.92 Å². The summed E-state index contributed by atoms with van der Waals surface area (Å²) in [5.74, 6) is -0.891. The van der Waals surface area contributed by atoms with E-state index in [0.29, 0.717) is 11.4 Å². The molecule has 0 bridgehead atoms. The number of benzene rings is 1. The predicted molar refractivity (Wildman–Crippen MR) is 84.6 cm³/mol. The first-order valence-electron chi connectivity index (χ1n) is 7.24. The normalized spacial score (nSPS) is 13.2. The Hall–Kier alpha value is -2.82. The molecule has 120 valence electrons. The molecule has 1 heterocycles. The molecule has 1 N–H and O–H groups in total. The maximum atomic E-state index is 12.1. The number of allylic oxidation sites excluding steroid dienone is 1. The molecule has 1 aromatic carbocycles. The maximum Gasteiger partial charge on any atom is 0.157 e. The van der Waals surface area contributed by atoms with Gasteiger partial charge < -0.3 is 15.5 Å². The molecule has 5 heteroatoms. The lowest BCUT2D eigenvalue weighted by Gasteiger charge is -2.27. The van der Waals surface area contributed by atoms with Crippen LogP contribution in [0.3, 0.4) is 0 Å². The standard InChI is InChI=1S/C18H20N2O3/c1-11-7-8-14(16(23)10-11)20-18(15-6-4-5-9-19-15)17(12(2)21)13(3)22/h4-10,18,20-21,23H,1-3H3/p-2. The molecule has 0 spiro atoms. The van der Waals surface area contributed by atoms with E-state index in [0.717, 1.165) is 5.56 Å². The summed E-state index contributed by atoms with van der Waals surface area (Å²) in [6.07, 6.45) is 1.58. The summed E-state index contributed by atoms with van der Waals surface area (Å²) in [5, 5.41) is 27.0. The smallest absolute Gasteiger partial charge is 0.157 e. The molecule has 0 radical (unpaired) electrons. The number of hydrogen-bond acceptors (Lipinski definition) is 5. The average molecular weight is 310 g/mol. The van der Waals surface area contributed by atoms with Crippen molar-refractivity contribution in [2.75, 3.05) is 5.32 Å². The Morgan fingerprint density at radius 3 is 2.48 bits per heavy atom. The Kier molecular flexibility index (Phi) is 5.01. The first kappa shape index (κ1) is 16.5. The van der Waals surface area contributed by atoms with Crippen molar-refractivity contribution < 1.29 is 15.0 Å². The first-order valence-corrected chi connectivity index (χ1v) is 7.24. The Morgan fingerprint density at radius 1 is 1.22 bits per heavy atom. The van der Waals surface area contributed by atoms with E-state index in [1.165, 1.54) is 19.9 Å². The zero-order valence-corrected chi connectivity index (χ0v) is 13.3. The summed E-state index contributed by atoms with van der Waals surface area (Å²) in [6, 6.07) is 9.39. The quantitative estimate of drug-likeness (QED) is 0.672. The Bertz CT molecular complexity index is 735. The van der Waals surface area contributed by atoms with Crippen LogP contribution < -0.4 is 15.5 Å². The number of pyridine rings is 1. The van der Waals surface area contributed by atoms with Gasteiger partial charge in [0.2, 0.25) is 0 Å². The largest absolute Gasteiger partial charge is 0.875 e. The van der Waals surface area contributed by atoms with Crippen LogP contribution in [-0.2, 0) is 4.79 Å². The minimum Gasteiger partial charge on any atom is -0.875 e. The number of Topliss-reactive ketones (excluding diaryl/α,β-unsaturated/α-hetero) is 1. The molecule has 5 nitrogen and oxygen atoms in total. The van der Waals surface area contributed by atoms with Gasteiger partial charge >= 0.3 is 0 Å². The van der Waals surface area contributed by atoms with Crippen LogP contribution in [0.2, 0.25) is 0 Å². The SMILES string of the molecule is CC(=O)C(=C(C)[O-])C(Nc1ccc(C)cc1[O-])c1ccccn1. The van der Waals surface area contributed by atoms with Crippen LogP contribution >= 0.6 is 0 Å². The number of nitrogens with zero attached hydrogens (tertiary/aromatic N) is 1. The van der Waals surface area contributed by atoms with Gasteiger partial charge in [-0.1, -0.05) is 36.4 Å². The van der Waals surface area contributed by atoms with Crippen molar-refractivity contribution in [3.05, 3.63) is 65.2 Å². The second-order valence-electron chi connectivity index (χ2n) is 5.36. The van der Waals surface area contributed by atoms with Crippen molar-refractivity contribution >= 4 is 11.5 Å². The lowest BCUT2D eigenvalue weighted by molar-refractivity contribution is -0.303. The molecular weight excluding hydrogens is 292 g/mol. The monoisotopic (exact) mass is 310 g/mol. The number of carbonyl (C=O) groups is 1. The lowest BCUT2D eigenvalue weighted by atomic mass is 9.98. The van der Waals surface area contributed by atoms with Gasteiger partial charge in [0.15, 0.2) is 5.78 Å². The fraction of sp³-hybridized carbons (Fsp3) is 0.222. The Balaban J connectivity index is 2.50. The van der Waals surface area contributed by atoms with E-state index in [2.05, 4.69) is 10.3 Å². The second kappa shape index (κ2) is 6.96. The highest BCUT2D eigenvalue weighted by Crippen LogP contribution is 2.30. The van der Waals surface area contributed by atoms with Gasteiger partial charge in [0.25, 0.3) is 0 Å². The summed E-state index contributed by atoms with van der Waals surface area (Å²) in [4.78, 5) is 16.1. The summed E-state index contributed by atoms with van der Waals surface area (Å²) in [6.45, 7) is 4.49. The molecule has 0 amide bonds. The van der Waals surface area contributed by atoms with Gasteiger partial charge in [-0.25, -0.2) is 0 Å². The third-order valence-corrected chi connectivity index (χ3v) is 3.47. The van der Waals surface area contributed by atoms with Gasteiger partial charge in [-0.2, -0.15) is 0 Å². The molecule has 1 unspecified atom stereocenters.